The quantitative estimate of drug-likeness (QED) is 0.115. The molecule has 0 aliphatic rings. The molecular weight excluding hydrogens is 674 g/mol. The second kappa shape index (κ2) is 19.4. The molecule has 15 nitrogen and oxygen atoms in total. The number of rotatable bonds is 17. The molecule has 2 rings (SSSR count). The molecule has 0 saturated heterocycles. The van der Waals surface area contributed by atoms with Crippen LogP contribution in [0, 0.1) is 17.8 Å². The molecule has 2 aromatic carbocycles. The first-order valence-electron chi connectivity index (χ1n) is 17.1. The first-order chi connectivity index (χ1) is 24.3. The van der Waals surface area contributed by atoms with Crippen molar-refractivity contribution in [2.45, 2.75) is 91.5 Å². The van der Waals surface area contributed by atoms with Gasteiger partial charge in [0.25, 0.3) is 0 Å². The Bertz CT molecular complexity index is 1560. The van der Waals surface area contributed by atoms with E-state index in [9.17, 15) is 39.0 Å². The summed E-state index contributed by atoms with van der Waals surface area (Å²) in [7, 11) is 2.39. The lowest BCUT2D eigenvalue weighted by atomic mass is 9.94. The van der Waals surface area contributed by atoms with Crippen molar-refractivity contribution in [3.63, 3.8) is 0 Å². The number of ether oxygens (including phenoxy) is 2. The molecule has 0 bridgehead atoms. The predicted octanol–water partition coefficient (Wildman–Crippen LogP) is 1.45. The second-order valence-corrected chi connectivity index (χ2v) is 13.7. The first-order valence-corrected chi connectivity index (χ1v) is 17.1. The number of benzene rings is 2. The third-order valence-electron chi connectivity index (χ3n) is 8.44. The van der Waals surface area contributed by atoms with Gasteiger partial charge in [-0.15, -0.1) is 0 Å². The lowest BCUT2D eigenvalue weighted by Gasteiger charge is -2.25. The summed E-state index contributed by atoms with van der Waals surface area (Å²) in [6.45, 7) is 11.8. The molecule has 4 amide bonds. The zero-order chi connectivity index (χ0) is 39.4. The monoisotopic (exact) mass is 727 g/mol. The van der Waals surface area contributed by atoms with Gasteiger partial charge in [-0.25, -0.2) is 9.59 Å². The molecule has 286 valence electrons. The van der Waals surface area contributed by atoms with Crippen molar-refractivity contribution < 1.29 is 48.5 Å². The van der Waals surface area contributed by atoms with Gasteiger partial charge in [0.05, 0.1) is 20.3 Å². The zero-order valence-corrected chi connectivity index (χ0v) is 31.2. The fourth-order valence-corrected chi connectivity index (χ4v) is 5.08. The Kier molecular flexibility index (Phi) is 16.1. The minimum Gasteiger partial charge on any atom is -0.507 e. The molecule has 0 fully saturated rings. The van der Waals surface area contributed by atoms with Gasteiger partial charge < -0.3 is 46.7 Å². The summed E-state index contributed by atoms with van der Waals surface area (Å²) in [5.74, 6) is -5.04. The molecule has 0 aliphatic carbocycles. The molecule has 0 heterocycles. The summed E-state index contributed by atoms with van der Waals surface area (Å²) in [5.41, 5.74) is 7.32. The number of carbonyl (C=O) groups is 6. The molecule has 15 heteroatoms. The minimum atomic E-state index is -1.19. The van der Waals surface area contributed by atoms with Crippen molar-refractivity contribution in [3.05, 3.63) is 47.5 Å². The van der Waals surface area contributed by atoms with Crippen molar-refractivity contribution >= 4 is 35.6 Å². The number of nitrogens with two attached hydrogens (primary N) is 1. The maximum atomic E-state index is 13.5. The number of nitrogens with one attached hydrogen (secondary N) is 4. The topological polar surface area (TPSA) is 235 Å². The van der Waals surface area contributed by atoms with Gasteiger partial charge in [0.1, 0.15) is 35.7 Å². The van der Waals surface area contributed by atoms with Crippen LogP contribution in [0.1, 0.15) is 59.6 Å². The van der Waals surface area contributed by atoms with Crippen molar-refractivity contribution in [1.29, 1.82) is 0 Å². The molecule has 2 aromatic rings. The Morgan fingerprint density at radius 3 is 1.46 bits per heavy atom. The number of esters is 2. The number of carbonyl (C=O) groups excluding carboxylic acids is 6. The molecule has 5 unspecified atom stereocenters. The van der Waals surface area contributed by atoms with E-state index in [4.69, 9.17) is 15.2 Å². The normalized spacial score (nSPS) is 14.1. The number of methoxy groups -OCH3 is 2. The van der Waals surface area contributed by atoms with Crippen LogP contribution in [0.4, 0.5) is 0 Å². The lowest BCUT2D eigenvalue weighted by Crippen LogP contribution is -2.55. The van der Waals surface area contributed by atoms with Crippen molar-refractivity contribution in [2.75, 3.05) is 14.2 Å². The van der Waals surface area contributed by atoms with E-state index in [0.717, 1.165) is 0 Å². The number of aromatic hydroxyl groups is 2. The summed E-state index contributed by atoms with van der Waals surface area (Å²) in [6.07, 6.45) is -0.141. The number of phenols is 2. The second-order valence-electron chi connectivity index (χ2n) is 13.7. The van der Waals surface area contributed by atoms with Crippen LogP contribution in [0.2, 0.25) is 0 Å². The van der Waals surface area contributed by atoms with E-state index in [1.807, 2.05) is 0 Å². The molecule has 0 radical (unpaired) electrons. The highest BCUT2D eigenvalue weighted by atomic mass is 16.5. The summed E-state index contributed by atoms with van der Waals surface area (Å²) in [6, 6.07) is 3.69. The van der Waals surface area contributed by atoms with Gasteiger partial charge >= 0.3 is 11.9 Å². The van der Waals surface area contributed by atoms with Crippen molar-refractivity contribution in [2.24, 2.45) is 23.5 Å². The van der Waals surface area contributed by atoms with E-state index in [1.165, 1.54) is 45.4 Å². The van der Waals surface area contributed by atoms with Gasteiger partial charge in [-0.2, -0.15) is 0 Å². The molecule has 0 aromatic heterocycles. The van der Waals surface area contributed by atoms with Crippen LogP contribution in [-0.4, -0.2) is 90.2 Å². The fraction of sp³-hybridized carbons (Fsp3) is 0.514. The van der Waals surface area contributed by atoms with Crippen molar-refractivity contribution in [3.8, 4) is 22.6 Å². The van der Waals surface area contributed by atoms with E-state index >= 15 is 0 Å². The number of amides is 4. The lowest BCUT2D eigenvalue weighted by molar-refractivity contribution is -0.146. The Balaban J connectivity index is 2.51. The zero-order valence-electron chi connectivity index (χ0n) is 31.2. The van der Waals surface area contributed by atoms with Gasteiger partial charge in [-0.1, -0.05) is 53.7 Å². The van der Waals surface area contributed by atoms with Gasteiger partial charge in [-0.3, -0.25) is 19.2 Å². The van der Waals surface area contributed by atoms with Crippen LogP contribution in [0.15, 0.2) is 36.4 Å². The van der Waals surface area contributed by atoms with Gasteiger partial charge in [0.15, 0.2) is 0 Å². The summed E-state index contributed by atoms with van der Waals surface area (Å²) < 4.78 is 9.53. The summed E-state index contributed by atoms with van der Waals surface area (Å²) in [4.78, 5) is 76.8. The Morgan fingerprint density at radius 1 is 0.615 bits per heavy atom. The summed E-state index contributed by atoms with van der Waals surface area (Å²) in [5, 5.41) is 32.4. The van der Waals surface area contributed by atoms with Crippen LogP contribution in [0.5, 0.6) is 11.5 Å². The number of hydrogen-bond acceptors (Lipinski definition) is 11. The van der Waals surface area contributed by atoms with Crippen LogP contribution in [0.3, 0.4) is 0 Å². The number of hydrogen-bond donors (Lipinski definition) is 7. The van der Waals surface area contributed by atoms with E-state index < -0.39 is 71.7 Å². The average molecular weight is 728 g/mol. The minimum absolute atomic E-state index is 0.0488. The van der Waals surface area contributed by atoms with Crippen molar-refractivity contribution in [1.82, 2.24) is 21.3 Å². The Morgan fingerprint density at radius 2 is 1.06 bits per heavy atom. The number of phenolic OH excluding ortho intramolecular Hbond substituents is 2. The Hall–Kier alpha value is -5.18. The van der Waals surface area contributed by atoms with Gasteiger partial charge in [0, 0.05) is 29.9 Å². The fourth-order valence-electron chi connectivity index (χ4n) is 5.08. The van der Waals surface area contributed by atoms with Gasteiger partial charge in [-0.05, 0) is 54.2 Å². The maximum absolute atomic E-state index is 13.5. The van der Waals surface area contributed by atoms with Crippen LogP contribution < -0.4 is 27.0 Å². The highest BCUT2D eigenvalue weighted by Crippen LogP contribution is 2.37. The summed E-state index contributed by atoms with van der Waals surface area (Å²) >= 11 is 0. The smallest absolute Gasteiger partial charge is 0.328 e. The molecule has 0 saturated carbocycles. The van der Waals surface area contributed by atoms with E-state index in [0.29, 0.717) is 11.1 Å². The molecular formula is C37H53N5O10. The molecule has 5 atom stereocenters. The van der Waals surface area contributed by atoms with Crippen LogP contribution in [-0.2, 0) is 51.1 Å². The highest BCUT2D eigenvalue weighted by molar-refractivity contribution is 5.93. The van der Waals surface area contributed by atoms with Crippen LogP contribution >= 0.6 is 0 Å². The maximum Gasteiger partial charge on any atom is 0.328 e. The van der Waals surface area contributed by atoms with E-state index in [-0.39, 0.29) is 47.3 Å². The predicted molar refractivity (Wildman–Crippen MR) is 193 cm³/mol. The molecule has 8 N–H and O–H groups in total. The standard InChI is InChI=1S/C37H53N5O10/c1-18(2)30(38)35(48)41-26(33(46)39-21(7)36(49)51-8)16-22-10-12-28(43)24(14-22)25-15-23(11-13-29(25)44)17-27(40-32(45)20(5)6)34(47)42-31(19(3)4)37(50)52-9/h10-15,18-21,26-27,30-31,43-44H,16-17,38H2,1-9H3,(H,39,46)(H,40,45)(H,41,48)(H,42,47). The molecule has 0 aliphatic heterocycles. The SMILES string of the molecule is COC(=O)C(C)NC(=O)C(Cc1ccc(O)c(-c2cc(CC(NC(=O)C(C)C)C(=O)NC(C(=O)OC)C(C)C)ccc2O)c1)NC(=O)C(N)C(C)C. The van der Waals surface area contributed by atoms with Crippen LogP contribution in [0.25, 0.3) is 11.1 Å². The highest BCUT2D eigenvalue weighted by Gasteiger charge is 2.31. The van der Waals surface area contributed by atoms with E-state index in [2.05, 4.69) is 21.3 Å². The third-order valence-corrected chi connectivity index (χ3v) is 8.44. The average Bonchev–Trinajstić information content (AvgIpc) is 3.09. The largest absolute Gasteiger partial charge is 0.507 e. The molecule has 0 spiro atoms. The molecule has 52 heavy (non-hydrogen) atoms. The Labute approximate surface area is 304 Å². The van der Waals surface area contributed by atoms with Gasteiger partial charge in [0.2, 0.25) is 23.6 Å². The van der Waals surface area contributed by atoms with E-state index in [1.54, 1.807) is 53.7 Å². The third kappa shape index (κ3) is 12.0. The first kappa shape index (κ1) is 43.0.